The van der Waals surface area contributed by atoms with E-state index in [0.29, 0.717) is 29.8 Å². The number of nitriles is 1. The number of fused-ring (bicyclic) bond motifs is 1. The van der Waals surface area contributed by atoms with Gasteiger partial charge in [0.1, 0.15) is 28.9 Å². The van der Waals surface area contributed by atoms with E-state index in [2.05, 4.69) is 20.7 Å². The first-order valence-electron chi connectivity index (χ1n) is 13.3. The molecule has 42 heavy (non-hydrogen) atoms. The lowest BCUT2D eigenvalue weighted by Gasteiger charge is -2.49. The van der Waals surface area contributed by atoms with E-state index in [1.54, 1.807) is 43.4 Å². The van der Waals surface area contributed by atoms with E-state index in [1.165, 1.54) is 34.9 Å². The Morgan fingerprint density at radius 3 is 2.17 bits per heavy atom. The first-order chi connectivity index (χ1) is 19.9. The third-order valence-corrected chi connectivity index (χ3v) is 8.35. The van der Waals surface area contributed by atoms with Gasteiger partial charge in [-0.1, -0.05) is 24.3 Å². The van der Waals surface area contributed by atoms with Gasteiger partial charge < -0.3 is 9.47 Å². The molecule has 218 valence electrons. The molecule has 9 nitrogen and oxygen atoms in total. The van der Waals surface area contributed by atoms with Crippen LogP contribution in [0, 0.1) is 23.0 Å². The SMILES string of the molecule is C[C@H]1CN(C(c2ccc(F)cc2)c2ccc(F)cc2)[C@H](CNS(C)(=O)=O)CN1c1cc(=O)n(C)c2ccc(C#N)nc12. The van der Waals surface area contributed by atoms with Gasteiger partial charge in [-0.2, -0.15) is 5.26 Å². The molecule has 1 N–H and O–H groups in total. The van der Waals surface area contributed by atoms with Crippen LogP contribution in [0.15, 0.2) is 71.5 Å². The summed E-state index contributed by atoms with van der Waals surface area (Å²) in [6, 6.07) is 17.8. The Hall–Kier alpha value is -4.18. The molecule has 0 spiro atoms. The van der Waals surface area contributed by atoms with Crippen molar-refractivity contribution in [3.8, 4) is 6.07 Å². The predicted octanol–water partition coefficient (Wildman–Crippen LogP) is 3.30. The highest BCUT2D eigenvalue weighted by molar-refractivity contribution is 7.88. The smallest absolute Gasteiger partial charge is 0.252 e. The molecule has 1 fully saturated rings. The molecular formula is C30H30F2N6O3S. The summed E-state index contributed by atoms with van der Waals surface area (Å²) in [5, 5.41) is 9.50. The van der Waals surface area contributed by atoms with Gasteiger partial charge in [0, 0.05) is 44.8 Å². The minimum Gasteiger partial charge on any atom is -0.364 e. The molecule has 1 saturated heterocycles. The highest BCUT2D eigenvalue weighted by Crippen LogP contribution is 2.36. The van der Waals surface area contributed by atoms with Crippen molar-refractivity contribution in [2.75, 3.05) is 30.8 Å². The van der Waals surface area contributed by atoms with Gasteiger partial charge in [-0.3, -0.25) is 9.69 Å². The zero-order chi connectivity index (χ0) is 30.2. The Labute approximate surface area is 242 Å². The third kappa shape index (κ3) is 6.04. The van der Waals surface area contributed by atoms with Gasteiger partial charge in [0.25, 0.3) is 5.56 Å². The first kappa shape index (κ1) is 29.3. The Morgan fingerprint density at radius 2 is 1.62 bits per heavy atom. The molecule has 5 rings (SSSR count). The minimum atomic E-state index is -3.56. The second-order valence-corrected chi connectivity index (χ2v) is 12.4. The lowest BCUT2D eigenvalue weighted by Crippen LogP contribution is -2.61. The average Bonchev–Trinajstić information content (AvgIpc) is 2.96. The average molecular weight is 593 g/mol. The van der Waals surface area contributed by atoms with E-state index in [-0.39, 0.29) is 23.8 Å². The second kappa shape index (κ2) is 11.6. The number of piperazine rings is 1. The number of rotatable bonds is 7. The van der Waals surface area contributed by atoms with Gasteiger partial charge in [-0.05, 0) is 54.4 Å². The molecular weight excluding hydrogens is 562 g/mol. The highest BCUT2D eigenvalue weighted by Gasteiger charge is 2.38. The molecule has 3 heterocycles. The van der Waals surface area contributed by atoms with Crippen molar-refractivity contribution in [2.24, 2.45) is 7.05 Å². The van der Waals surface area contributed by atoms with Crippen LogP contribution in [0.5, 0.6) is 0 Å². The molecule has 4 aromatic rings. The molecule has 0 radical (unpaired) electrons. The molecule has 12 heteroatoms. The summed E-state index contributed by atoms with van der Waals surface area (Å²) >= 11 is 0. The third-order valence-electron chi connectivity index (χ3n) is 7.66. The maximum atomic E-state index is 13.9. The number of aromatic nitrogens is 2. The first-order valence-corrected chi connectivity index (χ1v) is 15.2. The quantitative estimate of drug-likeness (QED) is 0.351. The van der Waals surface area contributed by atoms with Crippen LogP contribution < -0.4 is 15.2 Å². The van der Waals surface area contributed by atoms with Crippen LogP contribution >= 0.6 is 0 Å². The standard InChI is InChI=1S/C30H30F2N6O3S/c1-19-17-38(30(20-4-8-22(31)9-5-20)21-6-10-23(32)11-7-21)25(16-34-42(3,40)41)18-37(19)27-14-28(39)36(2)26-13-12-24(15-33)35-29(26)27/h4-14,19,25,30,34H,16-18H2,1-3H3/t19-,25+/m0/s1. The zero-order valence-corrected chi connectivity index (χ0v) is 24.1. The Kier molecular flexibility index (Phi) is 8.10. The van der Waals surface area contributed by atoms with Crippen molar-refractivity contribution in [1.29, 1.82) is 5.26 Å². The van der Waals surface area contributed by atoms with Crippen LogP contribution in [0.25, 0.3) is 11.0 Å². The fourth-order valence-electron chi connectivity index (χ4n) is 5.60. The number of aryl methyl sites for hydroxylation is 1. The summed E-state index contributed by atoms with van der Waals surface area (Å²) in [4.78, 5) is 21.6. The van der Waals surface area contributed by atoms with E-state index < -0.39 is 33.7 Å². The number of nitrogens with zero attached hydrogens (tertiary/aromatic N) is 5. The fourth-order valence-corrected chi connectivity index (χ4v) is 6.10. The molecule has 2 aromatic heterocycles. The van der Waals surface area contributed by atoms with Crippen LogP contribution in [0.1, 0.15) is 29.8 Å². The molecule has 1 aliphatic heterocycles. The number of hydrogen-bond donors (Lipinski definition) is 1. The van der Waals surface area contributed by atoms with Crippen LogP contribution in [-0.4, -0.2) is 60.8 Å². The summed E-state index contributed by atoms with van der Waals surface area (Å²) in [7, 11) is -1.92. The van der Waals surface area contributed by atoms with E-state index in [0.717, 1.165) is 17.4 Å². The summed E-state index contributed by atoms with van der Waals surface area (Å²) in [5.41, 5.74) is 3.06. The van der Waals surface area contributed by atoms with Crippen molar-refractivity contribution in [2.45, 2.75) is 25.0 Å². The molecule has 0 saturated carbocycles. The summed E-state index contributed by atoms with van der Waals surface area (Å²) < 4.78 is 56.3. The van der Waals surface area contributed by atoms with Crippen LogP contribution in [0.4, 0.5) is 14.5 Å². The maximum absolute atomic E-state index is 13.9. The molecule has 0 unspecified atom stereocenters. The molecule has 0 bridgehead atoms. The van der Waals surface area contributed by atoms with Crippen molar-refractivity contribution < 1.29 is 17.2 Å². The van der Waals surface area contributed by atoms with Crippen LogP contribution in [0.2, 0.25) is 0 Å². The van der Waals surface area contributed by atoms with E-state index in [4.69, 9.17) is 0 Å². The summed E-state index contributed by atoms with van der Waals surface area (Å²) in [6.45, 7) is 2.73. The van der Waals surface area contributed by atoms with Gasteiger partial charge >= 0.3 is 0 Å². The number of nitrogens with one attached hydrogen (secondary N) is 1. The Bertz CT molecular complexity index is 1780. The van der Waals surface area contributed by atoms with Gasteiger partial charge in [-0.15, -0.1) is 0 Å². The summed E-state index contributed by atoms with van der Waals surface area (Å²) in [6.07, 6.45) is 1.08. The Balaban J connectivity index is 1.63. The predicted molar refractivity (Wildman–Crippen MR) is 156 cm³/mol. The van der Waals surface area contributed by atoms with Gasteiger partial charge in [0.2, 0.25) is 10.0 Å². The number of sulfonamides is 1. The molecule has 2 aromatic carbocycles. The Morgan fingerprint density at radius 1 is 1.02 bits per heavy atom. The van der Waals surface area contributed by atoms with Crippen molar-refractivity contribution in [3.63, 3.8) is 0 Å². The van der Waals surface area contributed by atoms with Crippen molar-refractivity contribution in [1.82, 2.24) is 19.2 Å². The van der Waals surface area contributed by atoms with Gasteiger partial charge in [0.15, 0.2) is 0 Å². The molecule has 0 amide bonds. The highest BCUT2D eigenvalue weighted by atomic mass is 32.2. The van der Waals surface area contributed by atoms with E-state index >= 15 is 0 Å². The van der Waals surface area contributed by atoms with Gasteiger partial charge in [-0.25, -0.2) is 26.9 Å². The number of hydrogen-bond acceptors (Lipinski definition) is 7. The van der Waals surface area contributed by atoms with E-state index in [9.17, 15) is 27.3 Å². The largest absolute Gasteiger partial charge is 0.364 e. The monoisotopic (exact) mass is 592 g/mol. The maximum Gasteiger partial charge on any atom is 0.252 e. The lowest BCUT2D eigenvalue weighted by atomic mass is 9.93. The summed E-state index contributed by atoms with van der Waals surface area (Å²) in [5.74, 6) is -0.793. The number of halogens is 2. The topological polar surface area (TPSA) is 111 Å². The fraction of sp³-hybridized carbons (Fsp3) is 0.300. The van der Waals surface area contributed by atoms with Crippen LogP contribution in [0.3, 0.4) is 0 Å². The number of benzene rings is 2. The van der Waals surface area contributed by atoms with E-state index in [1.807, 2.05) is 11.8 Å². The van der Waals surface area contributed by atoms with Crippen molar-refractivity contribution in [3.05, 3.63) is 106 Å². The molecule has 1 aliphatic rings. The zero-order valence-electron chi connectivity index (χ0n) is 23.3. The molecule has 2 atom stereocenters. The number of pyridine rings is 2. The van der Waals surface area contributed by atoms with Gasteiger partial charge in [0.05, 0.1) is 23.5 Å². The normalized spacial score (nSPS) is 18.0. The minimum absolute atomic E-state index is 0.0423. The second-order valence-electron chi connectivity index (χ2n) is 10.6. The number of anilines is 1. The van der Waals surface area contributed by atoms with Crippen molar-refractivity contribution >= 4 is 26.7 Å². The lowest BCUT2D eigenvalue weighted by molar-refractivity contribution is 0.121. The molecule has 0 aliphatic carbocycles. The van der Waals surface area contributed by atoms with Crippen LogP contribution in [-0.2, 0) is 17.1 Å².